The van der Waals surface area contributed by atoms with Crippen molar-refractivity contribution in [1.29, 1.82) is 5.41 Å². The van der Waals surface area contributed by atoms with Gasteiger partial charge in [0.2, 0.25) is 11.8 Å². The minimum absolute atomic E-state index is 0.0873. The van der Waals surface area contributed by atoms with E-state index in [1.807, 2.05) is 22.7 Å². The lowest BCUT2D eigenvalue weighted by atomic mass is 10.0. The Labute approximate surface area is 124 Å². The lowest BCUT2D eigenvalue weighted by Gasteiger charge is -2.10. The number of allylic oxidation sites excluding steroid dienone is 1. The molecule has 3 N–H and O–H groups in total. The molecule has 0 radical (unpaired) electrons. The van der Waals surface area contributed by atoms with E-state index in [1.165, 1.54) is 7.11 Å². The number of nitrogen functional groups attached to an aromatic ring is 1. The predicted octanol–water partition coefficient (Wildman–Crippen LogP) is 0.923. The number of nitrogens with one attached hydrogen (secondary N) is 1. The molecular weight excluding hydrogens is 282 g/mol. The van der Waals surface area contributed by atoms with Crippen molar-refractivity contribution in [3.8, 4) is 5.88 Å². The SMILES string of the molecule is COc1nc(N)nc2c1C(c1ccc3nncn3c1)=CC2=N. The Hall–Kier alpha value is -3.29. The Morgan fingerprint density at radius 2 is 2.14 bits per heavy atom. The molecule has 3 aromatic rings. The van der Waals surface area contributed by atoms with Gasteiger partial charge < -0.3 is 10.5 Å². The molecule has 4 rings (SSSR count). The van der Waals surface area contributed by atoms with Gasteiger partial charge in [0, 0.05) is 11.8 Å². The van der Waals surface area contributed by atoms with Crippen molar-refractivity contribution in [2.24, 2.45) is 0 Å². The van der Waals surface area contributed by atoms with E-state index < -0.39 is 0 Å². The molecule has 0 aliphatic heterocycles. The monoisotopic (exact) mass is 293 g/mol. The number of pyridine rings is 1. The molecule has 0 bridgehead atoms. The average Bonchev–Trinajstić information content (AvgIpc) is 3.10. The third-order valence-corrected chi connectivity index (χ3v) is 3.50. The van der Waals surface area contributed by atoms with Crippen LogP contribution < -0.4 is 10.5 Å². The number of hydrogen-bond donors (Lipinski definition) is 2. The van der Waals surface area contributed by atoms with Crippen LogP contribution >= 0.6 is 0 Å². The molecule has 0 amide bonds. The molecule has 3 heterocycles. The standard InChI is InChI=1S/C14H11N7O/c1-22-13-11-8(4-9(15)12(11)18-14(16)19-13)7-2-3-10-20-17-6-21(10)5-7/h2-6,15H,1H3,(H2,16,18,19). The molecule has 3 aromatic heterocycles. The van der Waals surface area contributed by atoms with Crippen molar-refractivity contribution in [1.82, 2.24) is 24.6 Å². The first-order valence-corrected chi connectivity index (χ1v) is 6.49. The number of fused-ring (bicyclic) bond motifs is 2. The first kappa shape index (κ1) is 12.5. The van der Waals surface area contributed by atoms with Crippen LogP contribution in [0.25, 0.3) is 11.2 Å². The lowest BCUT2D eigenvalue weighted by Crippen LogP contribution is -2.06. The highest BCUT2D eigenvalue weighted by Crippen LogP contribution is 2.37. The van der Waals surface area contributed by atoms with E-state index in [-0.39, 0.29) is 11.7 Å². The van der Waals surface area contributed by atoms with Gasteiger partial charge in [0.15, 0.2) is 5.65 Å². The maximum atomic E-state index is 8.10. The molecule has 0 unspecified atom stereocenters. The number of rotatable bonds is 2. The molecule has 8 nitrogen and oxygen atoms in total. The topological polar surface area (TPSA) is 115 Å². The summed E-state index contributed by atoms with van der Waals surface area (Å²) in [6.45, 7) is 0. The van der Waals surface area contributed by atoms with E-state index in [1.54, 1.807) is 12.4 Å². The molecule has 22 heavy (non-hydrogen) atoms. The molecule has 0 atom stereocenters. The minimum Gasteiger partial charge on any atom is -0.480 e. The zero-order valence-corrected chi connectivity index (χ0v) is 11.6. The number of nitrogens with zero attached hydrogens (tertiary/aromatic N) is 5. The molecular formula is C14H11N7O. The van der Waals surface area contributed by atoms with Gasteiger partial charge >= 0.3 is 0 Å². The van der Waals surface area contributed by atoms with Crippen LogP contribution in [0, 0.1) is 5.41 Å². The first-order valence-electron chi connectivity index (χ1n) is 6.49. The maximum Gasteiger partial charge on any atom is 0.226 e. The number of hydrogen-bond acceptors (Lipinski definition) is 7. The van der Waals surface area contributed by atoms with Gasteiger partial charge in [-0.15, -0.1) is 10.2 Å². The highest BCUT2D eigenvalue weighted by atomic mass is 16.5. The van der Waals surface area contributed by atoms with E-state index in [0.29, 0.717) is 17.1 Å². The summed E-state index contributed by atoms with van der Waals surface area (Å²) >= 11 is 0. The highest BCUT2D eigenvalue weighted by molar-refractivity contribution is 6.19. The van der Waals surface area contributed by atoms with Crippen LogP contribution in [0.5, 0.6) is 5.88 Å². The largest absolute Gasteiger partial charge is 0.480 e. The number of ether oxygens (including phenoxy) is 1. The van der Waals surface area contributed by atoms with E-state index >= 15 is 0 Å². The molecule has 1 aliphatic carbocycles. The Kier molecular flexibility index (Phi) is 2.46. The van der Waals surface area contributed by atoms with Gasteiger partial charge in [-0.3, -0.25) is 9.81 Å². The smallest absolute Gasteiger partial charge is 0.226 e. The quantitative estimate of drug-likeness (QED) is 0.726. The molecule has 0 saturated carbocycles. The predicted molar refractivity (Wildman–Crippen MR) is 79.9 cm³/mol. The second-order valence-corrected chi connectivity index (χ2v) is 4.80. The summed E-state index contributed by atoms with van der Waals surface area (Å²) < 4.78 is 7.12. The van der Waals surface area contributed by atoms with Gasteiger partial charge in [-0.1, -0.05) is 0 Å². The normalized spacial score (nSPS) is 13.3. The number of aromatic nitrogens is 5. The second kappa shape index (κ2) is 4.35. The summed E-state index contributed by atoms with van der Waals surface area (Å²) in [6, 6.07) is 3.77. The zero-order valence-electron chi connectivity index (χ0n) is 11.6. The fourth-order valence-corrected chi connectivity index (χ4v) is 2.54. The van der Waals surface area contributed by atoms with Crippen LogP contribution in [0.1, 0.15) is 16.8 Å². The first-order chi connectivity index (χ1) is 10.7. The number of methoxy groups -OCH3 is 1. The molecule has 0 saturated heterocycles. The van der Waals surface area contributed by atoms with Crippen LogP contribution in [0.15, 0.2) is 30.7 Å². The Morgan fingerprint density at radius 1 is 1.27 bits per heavy atom. The van der Waals surface area contributed by atoms with Crippen molar-refractivity contribution in [3.05, 3.63) is 47.6 Å². The summed E-state index contributed by atoms with van der Waals surface area (Å²) in [7, 11) is 1.52. The van der Waals surface area contributed by atoms with E-state index in [9.17, 15) is 0 Å². The zero-order chi connectivity index (χ0) is 15.3. The van der Waals surface area contributed by atoms with E-state index in [2.05, 4.69) is 20.2 Å². The molecule has 1 aliphatic rings. The van der Waals surface area contributed by atoms with Crippen molar-refractivity contribution < 1.29 is 4.74 Å². The van der Waals surface area contributed by atoms with Crippen LogP contribution in [-0.4, -0.2) is 37.4 Å². The van der Waals surface area contributed by atoms with Crippen LogP contribution in [-0.2, 0) is 0 Å². The molecule has 0 spiro atoms. The third-order valence-electron chi connectivity index (χ3n) is 3.50. The second-order valence-electron chi connectivity index (χ2n) is 4.80. The third kappa shape index (κ3) is 1.67. The summed E-state index contributed by atoms with van der Waals surface area (Å²) in [5.74, 6) is 0.448. The van der Waals surface area contributed by atoms with Crippen LogP contribution in [0.3, 0.4) is 0 Å². The number of nitrogens with two attached hydrogens (primary N) is 1. The average molecular weight is 293 g/mol. The van der Waals surface area contributed by atoms with E-state index in [0.717, 1.165) is 16.8 Å². The van der Waals surface area contributed by atoms with Crippen molar-refractivity contribution in [2.45, 2.75) is 0 Å². The molecule has 0 aromatic carbocycles. The van der Waals surface area contributed by atoms with Crippen molar-refractivity contribution in [2.75, 3.05) is 12.8 Å². The molecule has 108 valence electrons. The van der Waals surface area contributed by atoms with Crippen molar-refractivity contribution in [3.63, 3.8) is 0 Å². The van der Waals surface area contributed by atoms with Gasteiger partial charge in [-0.25, -0.2) is 4.98 Å². The summed E-state index contributed by atoms with van der Waals surface area (Å²) in [5, 5.41) is 15.9. The Bertz CT molecular complexity index is 957. The van der Waals surface area contributed by atoms with Crippen LogP contribution in [0.2, 0.25) is 0 Å². The molecule has 8 heteroatoms. The van der Waals surface area contributed by atoms with Gasteiger partial charge in [0.25, 0.3) is 0 Å². The van der Waals surface area contributed by atoms with Gasteiger partial charge in [-0.2, -0.15) is 4.98 Å². The summed E-state index contributed by atoms with van der Waals surface area (Å²) in [4.78, 5) is 8.25. The fourth-order valence-electron chi connectivity index (χ4n) is 2.54. The lowest BCUT2D eigenvalue weighted by molar-refractivity contribution is 0.396. The van der Waals surface area contributed by atoms with Crippen LogP contribution in [0.4, 0.5) is 5.95 Å². The Morgan fingerprint density at radius 3 is 2.95 bits per heavy atom. The van der Waals surface area contributed by atoms with Gasteiger partial charge in [0.1, 0.15) is 12.0 Å². The Balaban J connectivity index is 1.95. The summed E-state index contributed by atoms with van der Waals surface area (Å²) in [6.07, 6.45) is 5.24. The minimum atomic E-state index is 0.0873. The highest BCUT2D eigenvalue weighted by Gasteiger charge is 2.27. The summed E-state index contributed by atoms with van der Waals surface area (Å²) in [5.41, 5.74) is 9.55. The van der Waals surface area contributed by atoms with Gasteiger partial charge in [-0.05, 0) is 23.8 Å². The maximum absolute atomic E-state index is 8.10. The number of anilines is 1. The molecule has 0 fully saturated rings. The van der Waals surface area contributed by atoms with Gasteiger partial charge in [0.05, 0.1) is 18.4 Å². The fraction of sp³-hybridized carbons (Fsp3) is 0.0714. The van der Waals surface area contributed by atoms with Crippen molar-refractivity contribution >= 4 is 22.9 Å². The van der Waals surface area contributed by atoms with E-state index in [4.69, 9.17) is 15.9 Å².